The molecule has 1 aromatic carbocycles. The number of fused-ring (bicyclic) bond motifs is 1. The molecule has 0 radical (unpaired) electrons. The van der Waals surface area contributed by atoms with Gasteiger partial charge in [-0.15, -0.1) is 10.2 Å². The second kappa shape index (κ2) is 10.5. The number of nitrogens with zero attached hydrogens (tertiary/aromatic N) is 5. The molecule has 7 heteroatoms. The summed E-state index contributed by atoms with van der Waals surface area (Å²) in [5.41, 5.74) is 2.97. The molecule has 4 rings (SSSR count). The van der Waals surface area contributed by atoms with Gasteiger partial charge in [0.25, 0.3) is 5.91 Å². The Morgan fingerprint density at radius 2 is 1.85 bits per heavy atom. The molecule has 1 atom stereocenters. The SMILES string of the molecule is C/C(=C\c1ccccc1)CN1CCc2nnc([C@@H](NC(=O)c3ccccn3)C(C)C)n2CC1. The minimum atomic E-state index is -0.230. The number of aromatic nitrogens is 4. The molecule has 0 aliphatic carbocycles. The Labute approximate surface area is 195 Å². The lowest BCUT2D eigenvalue weighted by molar-refractivity contribution is 0.0916. The van der Waals surface area contributed by atoms with Crippen molar-refractivity contribution < 1.29 is 4.79 Å². The van der Waals surface area contributed by atoms with E-state index in [1.165, 1.54) is 11.1 Å². The summed E-state index contributed by atoms with van der Waals surface area (Å²) in [6.07, 6.45) is 4.72. The van der Waals surface area contributed by atoms with Gasteiger partial charge < -0.3 is 9.88 Å². The molecule has 0 unspecified atom stereocenters. The first kappa shape index (κ1) is 22.9. The number of benzene rings is 1. The Bertz CT molecular complexity index is 1090. The van der Waals surface area contributed by atoms with Crippen molar-refractivity contribution in [2.45, 2.75) is 39.8 Å². The molecule has 1 aliphatic rings. The van der Waals surface area contributed by atoms with E-state index in [4.69, 9.17) is 0 Å². The van der Waals surface area contributed by atoms with Crippen LogP contribution in [0.25, 0.3) is 6.08 Å². The average Bonchev–Trinajstić information content (AvgIpc) is 3.11. The van der Waals surface area contributed by atoms with Crippen LogP contribution in [0.3, 0.4) is 0 Å². The Morgan fingerprint density at radius 3 is 2.58 bits per heavy atom. The number of rotatable bonds is 7. The number of amides is 1. The van der Waals surface area contributed by atoms with E-state index in [-0.39, 0.29) is 17.9 Å². The van der Waals surface area contributed by atoms with Gasteiger partial charge in [-0.1, -0.05) is 61.9 Å². The monoisotopic (exact) mass is 444 g/mol. The van der Waals surface area contributed by atoms with Gasteiger partial charge >= 0.3 is 0 Å². The fraction of sp³-hybridized carbons (Fsp3) is 0.385. The van der Waals surface area contributed by atoms with Crippen LogP contribution in [0, 0.1) is 5.92 Å². The first-order chi connectivity index (χ1) is 16.0. The summed E-state index contributed by atoms with van der Waals surface area (Å²) < 4.78 is 2.19. The molecule has 7 nitrogen and oxygen atoms in total. The number of hydrogen-bond donors (Lipinski definition) is 1. The second-order valence-corrected chi connectivity index (χ2v) is 8.96. The molecule has 0 fully saturated rings. The summed E-state index contributed by atoms with van der Waals surface area (Å²) >= 11 is 0. The minimum Gasteiger partial charge on any atom is -0.340 e. The van der Waals surface area contributed by atoms with Gasteiger partial charge in [0.2, 0.25) is 0 Å². The van der Waals surface area contributed by atoms with E-state index in [9.17, 15) is 4.79 Å². The van der Waals surface area contributed by atoms with E-state index in [0.717, 1.165) is 44.2 Å². The van der Waals surface area contributed by atoms with Crippen LogP contribution in [0.5, 0.6) is 0 Å². The molecule has 2 aromatic heterocycles. The summed E-state index contributed by atoms with van der Waals surface area (Å²) in [7, 11) is 0. The second-order valence-electron chi connectivity index (χ2n) is 8.96. The average molecular weight is 445 g/mol. The molecule has 3 aromatic rings. The van der Waals surface area contributed by atoms with E-state index in [1.807, 2.05) is 12.1 Å². The van der Waals surface area contributed by atoms with Crippen molar-refractivity contribution in [3.63, 3.8) is 0 Å². The molecule has 33 heavy (non-hydrogen) atoms. The number of nitrogens with one attached hydrogen (secondary N) is 1. The number of carbonyl (C=O) groups is 1. The number of carbonyl (C=O) groups excluding carboxylic acids is 1. The molecule has 1 N–H and O–H groups in total. The van der Waals surface area contributed by atoms with Crippen molar-refractivity contribution in [2.24, 2.45) is 5.92 Å². The van der Waals surface area contributed by atoms with Crippen LogP contribution < -0.4 is 5.32 Å². The van der Waals surface area contributed by atoms with Gasteiger partial charge in [-0.3, -0.25) is 14.7 Å². The van der Waals surface area contributed by atoms with Crippen LogP contribution in [-0.2, 0) is 13.0 Å². The summed E-state index contributed by atoms with van der Waals surface area (Å²) in [5, 5.41) is 12.1. The van der Waals surface area contributed by atoms with Crippen LogP contribution in [0.4, 0.5) is 0 Å². The van der Waals surface area contributed by atoms with Crippen molar-refractivity contribution in [3.05, 3.63) is 83.2 Å². The van der Waals surface area contributed by atoms with Crippen molar-refractivity contribution in [1.82, 2.24) is 30.0 Å². The summed E-state index contributed by atoms with van der Waals surface area (Å²) in [6, 6.07) is 15.5. The van der Waals surface area contributed by atoms with Gasteiger partial charge in [0.1, 0.15) is 11.5 Å². The molecular formula is C26H32N6O. The lowest BCUT2D eigenvalue weighted by atomic mass is 10.0. The van der Waals surface area contributed by atoms with E-state index in [2.05, 4.69) is 81.1 Å². The zero-order valence-electron chi connectivity index (χ0n) is 19.6. The zero-order chi connectivity index (χ0) is 23.2. The Balaban J connectivity index is 1.45. The molecule has 0 saturated heterocycles. The summed E-state index contributed by atoms with van der Waals surface area (Å²) in [4.78, 5) is 19.4. The lowest BCUT2D eigenvalue weighted by Crippen LogP contribution is -2.35. The quantitative estimate of drug-likeness (QED) is 0.601. The molecule has 3 heterocycles. The maximum absolute atomic E-state index is 12.8. The number of pyridine rings is 1. The van der Waals surface area contributed by atoms with Gasteiger partial charge in [0.15, 0.2) is 5.82 Å². The highest BCUT2D eigenvalue weighted by molar-refractivity contribution is 5.92. The van der Waals surface area contributed by atoms with Gasteiger partial charge in [-0.05, 0) is 30.5 Å². The zero-order valence-corrected chi connectivity index (χ0v) is 19.6. The third kappa shape index (κ3) is 5.73. The molecule has 1 aliphatic heterocycles. The van der Waals surface area contributed by atoms with Crippen LogP contribution in [0.1, 0.15) is 54.5 Å². The van der Waals surface area contributed by atoms with Crippen molar-refractivity contribution in [3.8, 4) is 0 Å². The molecule has 172 valence electrons. The maximum Gasteiger partial charge on any atom is 0.270 e. The molecule has 0 saturated carbocycles. The molecule has 1 amide bonds. The minimum absolute atomic E-state index is 0.168. The van der Waals surface area contributed by atoms with Gasteiger partial charge in [0, 0.05) is 38.8 Å². The van der Waals surface area contributed by atoms with Crippen molar-refractivity contribution in [2.75, 3.05) is 19.6 Å². The van der Waals surface area contributed by atoms with Crippen LogP contribution >= 0.6 is 0 Å². The summed E-state index contributed by atoms with van der Waals surface area (Å²) in [6.45, 7) is 9.94. The van der Waals surface area contributed by atoms with E-state index in [0.29, 0.717) is 5.69 Å². The highest BCUT2D eigenvalue weighted by Crippen LogP contribution is 2.23. The Morgan fingerprint density at radius 1 is 1.06 bits per heavy atom. The van der Waals surface area contributed by atoms with Crippen LogP contribution in [0.15, 0.2) is 60.3 Å². The normalized spacial score (nSPS) is 15.7. The van der Waals surface area contributed by atoms with Gasteiger partial charge in [-0.2, -0.15) is 0 Å². The maximum atomic E-state index is 12.8. The fourth-order valence-corrected chi connectivity index (χ4v) is 4.25. The third-order valence-electron chi connectivity index (χ3n) is 5.96. The van der Waals surface area contributed by atoms with Crippen molar-refractivity contribution in [1.29, 1.82) is 0 Å². The van der Waals surface area contributed by atoms with Gasteiger partial charge in [-0.25, -0.2) is 0 Å². The largest absolute Gasteiger partial charge is 0.340 e. The predicted octanol–water partition coefficient (Wildman–Crippen LogP) is 3.76. The van der Waals surface area contributed by atoms with Crippen molar-refractivity contribution >= 4 is 12.0 Å². The summed E-state index contributed by atoms with van der Waals surface area (Å²) in [5.74, 6) is 1.78. The Kier molecular flexibility index (Phi) is 7.29. The van der Waals surface area contributed by atoms with Crippen LogP contribution in [0.2, 0.25) is 0 Å². The van der Waals surface area contributed by atoms with E-state index < -0.39 is 0 Å². The molecule has 0 bridgehead atoms. The highest BCUT2D eigenvalue weighted by atomic mass is 16.2. The van der Waals surface area contributed by atoms with E-state index in [1.54, 1.807) is 18.3 Å². The molecule has 0 spiro atoms. The fourth-order valence-electron chi connectivity index (χ4n) is 4.25. The lowest BCUT2D eigenvalue weighted by Gasteiger charge is -2.23. The van der Waals surface area contributed by atoms with E-state index >= 15 is 0 Å². The third-order valence-corrected chi connectivity index (χ3v) is 5.96. The predicted molar refractivity (Wildman–Crippen MR) is 130 cm³/mol. The van der Waals surface area contributed by atoms with Crippen LogP contribution in [-0.4, -0.2) is 50.2 Å². The molecular weight excluding hydrogens is 412 g/mol. The topological polar surface area (TPSA) is 75.9 Å². The smallest absolute Gasteiger partial charge is 0.270 e. The Hall–Kier alpha value is -3.32. The standard InChI is InChI=1S/C26H32N6O/c1-19(2)24(28-26(33)22-11-7-8-13-27-22)25-30-29-23-12-14-31(15-16-32(23)25)18-20(3)17-21-9-5-4-6-10-21/h4-11,13,17,19,24H,12,14-16,18H2,1-3H3,(H,28,33)/b20-17+/t24-/m0/s1. The first-order valence-electron chi connectivity index (χ1n) is 11.6. The highest BCUT2D eigenvalue weighted by Gasteiger charge is 2.28. The first-order valence-corrected chi connectivity index (χ1v) is 11.6. The van der Waals surface area contributed by atoms with Gasteiger partial charge in [0.05, 0.1) is 6.04 Å². The number of hydrogen-bond acceptors (Lipinski definition) is 5.